The Morgan fingerprint density at radius 1 is 1.17 bits per heavy atom. The molecule has 0 bridgehead atoms. The molecule has 1 saturated carbocycles. The molecular formula is C15H23N3. The van der Waals surface area contributed by atoms with Crippen LogP contribution in [-0.4, -0.2) is 44.7 Å². The maximum absolute atomic E-state index is 5.93. The Morgan fingerprint density at radius 2 is 1.89 bits per heavy atom. The minimum absolute atomic E-state index is 0.308. The molecule has 1 aliphatic heterocycles. The van der Waals surface area contributed by atoms with E-state index in [0.29, 0.717) is 5.41 Å². The summed E-state index contributed by atoms with van der Waals surface area (Å²) in [6.45, 7) is 5.38. The van der Waals surface area contributed by atoms with Crippen molar-refractivity contribution in [2.45, 2.75) is 18.3 Å². The molecule has 3 rings (SSSR count). The fourth-order valence-electron chi connectivity index (χ4n) is 2.86. The van der Waals surface area contributed by atoms with Crippen LogP contribution in [0.15, 0.2) is 24.3 Å². The Bertz CT molecular complexity index is 418. The minimum atomic E-state index is 0.308. The van der Waals surface area contributed by atoms with Crippen LogP contribution in [0.2, 0.25) is 0 Å². The summed E-state index contributed by atoms with van der Waals surface area (Å²) in [5.74, 6) is 0. The molecule has 1 aliphatic carbocycles. The predicted octanol–water partition coefficient (Wildman–Crippen LogP) is 1.43. The zero-order chi connectivity index (χ0) is 12.6. The smallest absolute Gasteiger partial charge is 0.0370 e. The van der Waals surface area contributed by atoms with E-state index in [-0.39, 0.29) is 0 Å². The van der Waals surface area contributed by atoms with Gasteiger partial charge >= 0.3 is 0 Å². The number of anilines is 1. The molecule has 18 heavy (non-hydrogen) atoms. The lowest BCUT2D eigenvalue weighted by atomic mass is 9.95. The number of nitrogens with two attached hydrogens (primary N) is 1. The lowest BCUT2D eigenvalue weighted by Gasteiger charge is -2.34. The second kappa shape index (κ2) is 4.56. The van der Waals surface area contributed by atoms with Crippen LogP contribution in [0, 0.1) is 0 Å². The van der Waals surface area contributed by atoms with E-state index in [4.69, 9.17) is 5.73 Å². The first-order chi connectivity index (χ1) is 8.73. The van der Waals surface area contributed by atoms with Crippen molar-refractivity contribution in [1.29, 1.82) is 0 Å². The zero-order valence-electron chi connectivity index (χ0n) is 11.2. The molecule has 0 aromatic heterocycles. The lowest BCUT2D eigenvalue weighted by molar-refractivity contribution is 0.313. The van der Waals surface area contributed by atoms with Crippen molar-refractivity contribution in [3.8, 4) is 0 Å². The molecule has 1 saturated heterocycles. The van der Waals surface area contributed by atoms with Crippen LogP contribution in [0.5, 0.6) is 0 Å². The summed E-state index contributed by atoms with van der Waals surface area (Å²) in [6.07, 6.45) is 2.52. The third kappa shape index (κ3) is 2.13. The van der Waals surface area contributed by atoms with E-state index in [1.807, 2.05) is 0 Å². The number of hydrogen-bond donors (Lipinski definition) is 1. The van der Waals surface area contributed by atoms with E-state index in [9.17, 15) is 0 Å². The second-order valence-electron chi connectivity index (χ2n) is 5.83. The molecular weight excluding hydrogens is 222 g/mol. The topological polar surface area (TPSA) is 32.5 Å². The van der Waals surface area contributed by atoms with Crippen LogP contribution < -0.4 is 10.6 Å². The van der Waals surface area contributed by atoms with E-state index in [1.165, 1.54) is 24.1 Å². The van der Waals surface area contributed by atoms with Crippen molar-refractivity contribution in [3.63, 3.8) is 0 Å². The van der Waals surface area contributed by atoms with Crippen LogP contribution in [0.25, 0.3) is 0 Å². The number of nitrogens with zero attached hydrogens (tertiary/aromatic N) is 2. The monoisotopic (exact) mass is 245 g/mol. The van der Waals surface area contributed by atoms with E-state index < -0.39 is 0 Å². The van der Waals surface area contributed by atoms with Gasteiger partial charge in [0.05, 0.1) is 0 Å². The van der Waals surface area contributed by atoms with Gasteiger partial charge in [0.2, 0.25) is 0 Å². The number of hydrogen-bond acceptors (Lipinski definition) is 3. The molecule has 3 heteroatoms. The van der Waals surface area contributed by atoms with Gasteiger partial charge in [-0.15, -0.1) is 0 Å². The molecule has 1 aromatic rings. The van der Waals surface area contributed by atoms with Crippen LogP contribution in [-0.2, 0) is 5.41 Å². The maximum atomic E-state index is 5.93. The number of piperazine rings is 1. The van der Waals surface area contributed by atoms with Gasteiger partial charge in [-0.05, 0) is 37.6 Å². The van der Waals surface area contributed by atoms with E-state index in [2.05, 4.69) is 41.1 Å². The second-order valence-corrected chi connectivity index (χ2v) is 5.83. The Balaban J connectivity index is 1.79. The van der Waals surface area contributed by atoms with Crippen molar-refractivity contribution < 1.29 is 0 Å². The first-order valence-corrected chi connectivity index (χ1v) is 6.98. The van der Waals surface area contributed by atoms with Crippen LogP contribution >= 0.6 is 0 Å². The zero-order valence-corrected chi connectivity index (χ0v) is 11.2. The molecule has 1 heterocycles. The molecule has 2 aliphatic rings. The third-order valence-corrected chi connectivity index (χ3v) is 4.57. The average molecular weight is 245 g/mol. The van der Waals surface area contributed by atoms with Gasteiger partial charge < -0.3 is 15.5 Å². The molecule has 0 spiro atoms. The summed E-state index contributed by atoms with van der Waals surface area (Å²) in [5.41, 5.74) is 9.06. The summed E-state index contributed by atoms with van der Waals surface area (Å²) in [7, 11) is 2.20. The summed E-state index contributed by atoms with van der Waals surface area (Å²) in [4.78, 5) is 4.89. The van der Waals surface area contributed by atoms with Crippen molar-refractivity contribution in [2.24, 2.45) is 5.73 Å². The predicted molar refractivity (Wildman–Crippen MR) is 76.1 cm³/mol. The quantitative estimate of drug-likeness (QED) is 0.874. The van der Waals surface area contributed by atoms with E-state index in [1.54, 1.807) is 0 Å². The first kappa shape index (κ1) is 12.0. The van der Waals surface area contributed by atoms with Gasteiger partial charge in [-0.2, -0.15) is 0 Å². The molecule has 1 aromatic carbocycles. The van der Waals surface area contributed by atoms with E-state index >= 15 is 0 Å². The van der Waals surface area contributed by atoms with Crippen molar-refractivity contribution in [2.75, 3.05) is 44.7 Å². The fourth-order valence-corrected chi connectivity index (χ4v) is 2.86. The van der Waals surface area contributed by atoms with Crippen LogP contribution in [0.4, 0.5) is 5.69 Å². The van der Waals surface area contributed by atoms with Gasteiger partial charge in [0.25, 0.3) is 0 Å². The summed E-state index contributed by atoms with van der Waals surface area (Å²) >= 11 is 0. The SMILES string of the molecule is CN1CCN(c2cccc(C3(CN)CC3)c2)CC1. The van der Waals surface area contributed by atoms with Gasteiger partial charge in [0, 0.05) is 43.8 Å². The van der Waals surface area contributed by atoms with Gasteiger partial charge in [-0.25, -0.2) is 0 Å². The Kier molecular flexibility index (Phi) is 3.04. The van der Waals surface area contributed by atoms with Gasteiger partial charge in [-0.1, -0.05) is 12.1 Å². The summed E-state index contributed by atoms with van der Waals surface area (Å²) in [5, 5.41) is 0. The maximum Gasteiger partial charge on any atom is 0.0370 e. The normalized spacial score (nSPS) is 23.1. The Morgan fingerprint density at radius 3 is 2.50 bits per heavy atom. The third-order valence-electron chi connectivity index (χ3n) is 4.57. The molecule has 0 atom stereocenters. The fraction of sp³-hybridized carbons (Fsp3) is 0.600. The van der Waals surface area contributed by atoms with E-state index in [0.717, 1.165) is 32.7 Å². The summed E-state index contributed by atoms with van der Waals surface area (Å²) in [6, 6.07) is 9.05. The molecule has 98 valence electrons. The van der Waals surface area contributed by atoms with Crippen molar-refractivity contribution in [3.05, 3.63) is 29.8 Å². The van der Waals surface area contributed by atoms with Gasteiger partial charge in [0.15, 0.2) is 0 Å². The molecule has 0 amide bonds. The lowest BCUT2D eigenvalue weighted by Crippen LogP contribution is -2.44. The highest BCUT2D eigenvalue weighted by molar-refractivity contribution is 5.51. The first-order valence-electron chi connectivity index (χ1n) is 6.98. The van der Waals surface area contributed by atoms with Crippen LogP contribution in [0.1, 0.15) is 18.4 Å². The highest BCUT2D eigenvalue weighted by atomic mass is 15.2. The summed E-state index contributed by atoms with van der Waals surface area (Å²) < 4.78 is 0. The van der Waals surface area contributed by atoms with Crippen molar-refractivity contribution in [1.82, 2.24) is 4.90 Å². The molecule has 3 nitrogen and oxygen atoms in total. The Hall–Kier alpha value is -1.06. The number of likely N-dealkylation sites (N-methyl/N-ethyl adjacent to an activating group) is 1. The van der Waals surface area contributed by atoms with Gasteiger partial charge in [-0.3, -0.25) is 0 Å². The van der Waals surface area contributed by atoms with Crippen LogP contribution in [0.3, 0.4) is 0 Å². The Labute approximate surface area is 110 Å². The number of rotatable bonds is 3. The molecule has 0 unspecified atom stereocenters. The highest BCUT2D eigenvalue weighted by Gasteiger charge is 2.42. The highest BCUT2D eigenvalue weighted by Crippen LogP contribution is 2.47. The van der Waals surface area contributed by atoms with Crippen molar-refractivity contribution >= 4 is 5.69 Å². The molecule has 2 N–H and O–H groups in total. The number of benzene rings is 1. The van der Waals surface area contributed by atoms with Gasteiger partial charge in [0.1, 0.15) is 0 Å². The molecule has 0 radical (unpaired) electrons. The standard InChI is InChI=1S/C15H23N3/c1-17-7-9-18(10-8-17)14-4-2-3-13(11-14)15(12-16)5-6-15/h2-4,11H,5-10,12,16H2,1H3. The largest absolute Gasteiger partial charge is 0.369 e. The minimum Gasteiger partial charge on any atom is -0.369 e. The average Bonchev–Trinajstić information content (AvgIpc) is 3.21. The molecule has 2 fully saturated rings.